The van der Waals surface area contributed by atoms with Crippen LogP contribution in [0.2, 0.25) is 0 Å². The van der Waals surface area contributed by atoms with Crippen LogP contribution in [-0.4, -0.2) is 64.3 Å². The zero-order valence-corrected chi connectivity index (χ0v) is 12.3. The van der Waals surface area contributed by atoms with E-state index in [9.17, 15) is 0 Å². The minimum atomic E-state index is 0.826. The van der Waals surface area contributed by atoms with Gasteiger partial charge in [-0.15, -0.1) is 0 Å². The zero-order valence-electron chi connectivity index (χ0n) is 12.3. The molecule has 3 nitrogen and oxygen atoms in total. The predicted molar refractivity (Wildman–Crippen MR) is 73.1 cm³/mol. The molecule has 1 aliphatic rings. The number of nitrogens with zero attached hydrogens (tertiary/aromatic N) is 2. The first-order valence-corrected chi connectivity index (χ1v) is 6.49. The van der Waals surface area contributed by atoms with E-state index in [4.69, 9.17) is 4.74 Å². The first-order valence-electron chi connectivity index (χ1n) is 6.49. The van der Waals surface area contributed by atoms with E-state index in [2.05, 4.69) is 16.8 Å². The van der Waals surface area contributed by atoms with Crippen molar-refractivity contribution >= 4 is 0 Å². The number of likely N-dealkylation sites (tertiary alicyclic amines) is 1. The number of hydrogen-bond donors (Lipinski definition) is 0. The first kappa shape index (κ1) is 18.3. The molecule has 1 saturated heterocycles. The smallest absolute Gasteiger partial charge is 0.0589 e. The van der Waals surface area contributed by atoms with Gasteiger partial charge >= 0.3 is 0 Å². The van der Waals surface area contributed by atoms with Crippen molar-refractivity contribution in [1.82, 2.24) is 9.80 Å². The Hall–Kier alpha value is -0.120. The summed E-state index contributed by atoms with van der Waals surface area (Å²) in [5.41, 5.74) is 0. The maximum absolute atomic E-state index is 4.81. The molecular weight excluding hydrogens is 200 g/mol. The van der Waals surface area contributed by atoms with Crippen LogP contribution in [0.25, 0.3) is 0 Å². The van der Waals surface area contributed by atoms with Gasteiger partial charge in [0.2, 0.25) is 0 Å². The van der Waals surface area contributed by atoms with Crippen molar-refractivity contribution in [2.45, 2.75) is 33.1 Å². The summed E-state index contributed by atoms with van der Waals surface area (Å²) in [4.78, 5) is 4.48. The second-order valence-electron chi connectivity index (χ2n) is 4.16. The molecule has 1 aliphatic heterocycles. The summed E-state index contributed by atoms with van der Waals surface area (Å²) in [6.07, 6.45) is 4.28. The summed E-state index contributed by atoms with van der Waals surface area (Å²) >= 11 is 0. The second kappa shape index (κ2) is 14.9. The highest BCUT2D eigenvalue weighted by molar-refractivity contribution is 4.58. The molecule has 1 rings (SSSR count). The van der Waals surface area contributed by atoms with Crippen LogP contribution in [0.15, 0.2) is 0 Å². The summed E-state index contributed by atoms with van der Waals surface area (Å²) in [7, 11) is 7.96. The number of ether oxygens (including phenoxy) is 1. The van der Waals surface area contributed by atoms with Gasteiger partial charge < -0.3 is 14.5 Å². The number of methoxy groups -OCH3 is 1. The van der Waals surface area contributed by atoms with E-state index >= 15 is 0 Å². The molecule has 0 amide bonds. The van der Waals surface area contributed by atoms with Crippen LogP contribution < -0.4 is 0 Å². The van der Waals surface area contributed by atoms with Crippen molar-refractivity contribution in [3.8, 4) is 0 Å². The molecule has 0 aliphatic carbocycles. The maximum Gasteiger partial charge on any atom is 0.0589 e. The van der Waals surface area contributed by atoms with Gasteiger partial charge in [-0.1, -0.05) is 20.3 Å². The van der Waals surface area contributed by atoms with E-state index in [1.807, 2.05) is 27.9 Å². The molecule has 0 N–H and O–H groups in total. The molecule has 0 spiro atoms. The minimum Gasteiger partial charge on any atom is -0.383 e. The molecule has 0 unspecified atom stereocenters. The van der Waals surface area contributed by atoms with E-state index < -0.39 is 0 Å². The van der Waals surface area contributed by atoms with Gasteiger partial charge in [-0.25, -0.2) is 0 Å². The molecule has 16 heavy (non-hydrogen) atoms. The zero-order chi connectivity index (χ0) is 12.8. The standard InChI is InChI=1S/C6H13N.C5H13NO.C2H6/c1-7-5-3-2-4-6-7;1-6(2)4-5-7-3;1-2/h2-6H2,1H3;4-5H2,1-3H3;1-2H3. The Morgan fingerprint density at radius 3 is 1.75 bits per heavy atom. The summed E-state index contributed by atoms with van der Waals surface area (Å²) in [6.45, 7) is 8.48. The molecule has 0 aromatic carbocycles. The van der Waals surface area contributed by atoms with E-state index in [-0.39, 0.29) is 0 Å². The van der Waals surface area contributed by atoms with Crippen molar-refractivity contribution in [2.24, 2.45) is 0 Å². The molecule has 100 valence electrons. The van der Waals surface area contributed by atoms with Crippen molar-refractivity contribution in [3.63, 3.8) is 0 Å². The normalized spacial score (nSPS) is 15.9. The molecule has 0 aromatic heterocycles. The Bertz CT molecular complexity index is 113. The van der Waals surface area contributed by atoms with Gasteiger partial charge in [0.1, 0.15) is 0 Å². The van der Waals surface area contributed by atoms with Crippen LogP contribution >= 0.6 is 0 Å². The third-order valence-corrected chi connectivity index (χ3v) is 2.32. The van der Waals surface area contributed by atoms with E-state index in [1.165, 1.54) is 32.4 Å². The van der Waals surface area contributed by atoms with E-state index in [1.54, 1.807) is 7.11 Å². The Balaban J connectivity index is 0. The van der Waals surface area contributed by atoms with Crippen molar-refractivity contribution in [1.29, 1.82) is 0 Å². The second-order valence-corrected chi connectivity index (χ2v) is 4.16. The molecule has 0 bridgehead atoms. The van der Waals surface area contributed by atoms with Crippen molar-refractivity contribution < 1.29 is 4.74 Å². The quantitative estimate of drug-likeness (QED) is 0.743. The van der Waals surface area contributed by atoms with Crippen LogP contribution in [0.1, 0.15) is 33.1 Å². The first-order chi connectivity index (χ1) is 7.66. The van der Waals surface area contributed by atoms with Crippen LogP contribution in [0, 0.1) is 0 Å². The molecular formula is C13H32N2O. The highest BCUT2D eigenvalue weighted by atomic mass is 16.5. The Kier molecular flexibility index (Phi) is 17.0. The van der Waals surface area contributed by atoms with Crippen LogP contribution in [0.4, 0.5) is 0 Å². The van der Waals surface area contributed by atoms with Gasteiger partial charge in [0.15, 0.2) is 0 Å². The summed E-state index contributed by atoms with van der Waals surface area (Å²) in [5, 5.41) is 0. The number of piperidine rings is 1. The highest BCUT2D eigenvalue weighted by Crippen LogP contribution is 2.04. The fourth-order valence-corrected chi connectivity index (χ4v) is 1.33. The fourth-order valence-electron chi connectivity index (χ4n) is 1.33. The van der Waals surface area contributed by atoms with Gasteiger partial charge in [-0.2, -0.15) is 0 Å². The Labute approximate surface area is 103 Å². The summed E-state index contributed by atoms with van der Waals surface area (Å²) < 4.78 is 4.81. The molecule has 0 atom stereocenters. The summed E-state index contributed by atoms with van der Waals surface area (Å²) in [5.74, 6) is 0. The van der Waals surface area contributed by atoms with Gasteiger partial charge in [0, 0.05) is 13.7 Å². The van der Waals surface area contributed by atoms with Gasteiger partial charge in [-0.05, 0) is 47.1 Å². The number of hydrogen-bond acceptors (Lipinski definition) is 3. The number of likely N-dealkylation sites (N-methyl/N-ethyl adjacent to an activating group) is 1. The molecule has 0 radical (unpaired) electrons. The average molecular weight is 232 g/mol. The number of rotatable bonds is 3. The lowest BCUT2D eigenvalue weighted by Crippen LogP contribution is -2.24. The Morgan fingerprint density at radius 2 is 1.56 bits per heavy atom. The predicted octanol–water partition coefficient (Wildman–Crippen LogP) is 2.32. The largest absolute Gasteiger partial charge is 0.383 e. The lowest BCUT2D eigenvalue weighted by molar-refractivity contribution is 0.172. The lowest BCUT2D eigenvalue weighted by Gasteiger charge is -2.20. The highest BCUT2D eigenvalue weighted by Gasteiger charge is 2.02. The van der Waals surface area contributed by atoms with Gasteiger partial charge in [0.05, 0.1) is 6.61 Å². The average Bonchev–Trinajstić information content (AvgIpc) is 2.31. The monoisotopic (exact) mass is 232 g/mol. The van der Waals surface area contributed by atoms with E-state index in [0.717, 1.165) is 13.2 Å². The molecule has 3 heteroatoms. The summed E-state index contributed by atoms with van der Waals surface area (Å²) in [6, 6.07) is 0. The fraction of sp³-hybridized carbons (Fsp3) is 1.00. The topological polar surface area (TPSA) is 15.7 Å². The van der Waals surface area contributed by atoms with Gasteiger partial charge in [-0.3, -0.25) is 0 Å². The van der Waals surface area contributed by atoms with Crippen LogP contribution in [0.3, 0.4) is 0 Å². The Morgan fingerprint density at radius 1 is 1.06 bits per heavy atom. The van der Waals surface area contributed by atoms with Crippen LogP contribution in [-0.2, 0) is 4.74 Å². The van der Waals surface area contributed by atoms with Crippen LogP contribution in [0.5, 0.6) is 0 Å². The third-order valence-electron chi connectivity index (χ3n) is 2.32. The van der Waals surface area contributed by atoms with E-state index in [0.29, 0.717) is 0 Å². The molecule has 0 aromatic rings. The van der Waals surface area contributed by atoms with Gasteiger partial charge in [0.25, 0.3) is 0 Å². The molecule has 1 heterocycles. The van der Waals surface area contributed by atoms with Crippen molar-refractivity contribution in [2.75, 3.05) is 54.5 Å². The minimum absolute atomic E-state index is 0.826. The molecule has 1 fully saturated rings. The lowest BCUT2D eigenvalue weighted by atomic mass is 10.1. The SMILES string of the molecule is CC.CN1CCCCC1.COCCN(C)C. The van der Waals surface area contributed by atoms with Crippen molar-refractivity contribution in [3.05, 3.63) is 0 Å². The molecule has 0 saturated carbocycles. The maximum atomic E-state index is 4.81. The third kappa shape index (κ3) is 16.3.